The molecule has 0 aromatic heterocycles. The predicted octanol–water partition coefficient (Wildman–Crippen LogP) is 4.61. The molecule has 21 heavy (non-hydrogen) atoms. The molecule has 2 rings (SSSR count). The first kappa shape index (κ1) is 15.6. The number of aliphatic hydroxyl groups excluding tert-OH is 1. The van der Waals surface area contributed by atoms with Gasteiger partial charge in [-0.1, -0.05) is 67.6 Å². The Kier molecular flexibility index (Phi) is 5.07. The van der Waals surface area contributed by atoms with Gasteiger partial charge < -0.3 is 5.11 Å². The van der Waals surface area contributed by atoms with Gasteiger partial charge in [-0.05, 0) is 17.5 Å². The molecule has 0 aliphatic rings. The quantitative estimate of drug-likeness (QED) is 0.823. The Labute approximate surface area is 124 Å². The van der Waals surface area contributed by atoms with Crippen LogP contribution in [-0.4, -0.2) is 17.1 Å². The third kappa shape index (κ3) is 3.88. The molecule has 112 valence electrons. The van der Waals surface area contributed by atoms with E-state index in [0.29, 0.717) is 0 Å². The summed E-state index contributed by atoms with van der Waals surface area (Å²) in [5.41, 5.74) is 1.68. The molecule has 1 atom stereocenters. The maximum absolute atomic E-state index is 14.2. The molecule has 1 N–H and O–H groups in total. The highest BCUT2D eigenvalue weighted by atomic mass is 19.3. The average Bonchev–Trinajstić information content (AvgIpc) is 2.53. The molecule has 0 saturated heterocycles. The summed E-state index contributed by atoms with van der Waals surface area (Å²) in [5.74, 6) is -3.53. The summed E-state index contributed by atoms with van der Waals surface area (Å²) >= 11 is 0. The van der Waals surface area contributed by atoms with Crippen molar-refractivity contribution in [2.45, 2.75) is 37.7 Å². The zero-order valence-corrected chi connectivity index (χ0v) is 12.0. The van der Waals surface area contributed by atoms with Gasteiger partial charge in [0.2, 0.25) is 0 Å². The summed E-state index contributed by atoms with van der Waals surface area (Å²) in [6, 6.07) is 18.5. The second kappa shape index (κ2) is 6.81. The minimum Gasteiger partial charge on any atom is -0.387 e. The van der Waals surface area contributed by atoms with E-state index in [1.165, 1.54) is 0 Å². The molecule has 0 bridgehead atoms. The van der Waals surface area contributed by atoms with Gasteiger partial charge >= 0.3 is 0 Å². The van der Waals surface area contributed by atoms with Gasteiger partial charge in [0.15, 0.2) is 0 Å². The number of halogens is 2. The van der Waals surface area contributed by atoms with Crippen molar-refractivity contribution in [1.29, 1.82) is 0 Å². The minimum absolute atomic E-state index is 0.0449. The first-order valence-electron chi connectivity index (χ1n) is 7.20. The van der Waals surface area contributed by atoms with Gasteiger partial charge in [0.25, 0.3) is 5.92 Å². The van der Waals surface area contributed by atoms with Crippen molar-refractivity contribution in [3.05, 3.63) is 71.8 Å². The first-order chi connectivity index (χ1) is 10.0. The zero-order chi connectivity index (χ0) is 15.3. The van der Waals surface area contributed by atoms with Gasteiger partial charge in [0.1, 0.15) is 6.10 Å². The highest BCUT2D eigenvalue weighted by molar-refractivity contribution is 5.32. The van der Waals surface area contributed by atoms with Gasteiger partial charge in [-0.2, -0.15) is 0 Å². The molecule has 0 aliphatic heterocycles. The molecule has 3 heteroatoms. The Morgan fingerprint density at radius 3 is 1.71 bits per heavy atom. The van der Waals surface area contributed by atoms with E-state index < -0.39 is 24.4 Å². The third-order valence-corrected chi connectivity index (χ3v) is 3.75. The van der Waals surface area contributed by atoms with Crippen LogP contribution in [0.1, 0.15) is 36.8 Å². The van der Waals surface area contributed by atoms with Crippen molar-refractivity contribution < 1.29 is 13.9 Å². The highest BCUT2D eigenvalue weighted by Gasteiger charge is 2.40. The topological polar surface area (TPSA) is 20.2 Å². The van der Waals surface area contributed by atoms with Gasteiger partial charge in [-0.3, -0.25) is 0 Å². The predicted molar refractivity (Wildman–Crippen MR) is 80.6 cm³/mol. The van der Waals surface area contributed by atoms with Crippen LogP contribution in [0.4, 0.5) is 8.78 Å². The number of aliphatic hydroxyl groups is 1. The average molecular weight is 290 g/mol. The van der Waals surface area contributed by atoms with Crippen LogP contribution in [0.5, 0.6) is 0 Å². The monoisotopic (exact) mass is 290 g/mol. The fraction of sp³-hybridized carbons (Fsp3) is 0.333. The molecular formula is C18H20F2O. The van der Waals surface area contributed by atoms with Crippen LogP contribution >= 0.6 is 0 Å². The Balaban J connectivity index is 2.34. The SMILES string of the molecule is CC[C@@H](O)C(F)(F)CC(c1ccccc1)c1ccccc1. The molecule has 1 nitrogen and oxygen atoms in total. The number of rotatable bonds is 6. The number of hydrogen-bond acceptors (Lipinski definition) is 1. The van der Waals surface area contributed by atoms with E-state index in [1.54, 1.807) is 6.92 Å². The van der Waals surface area contributed by atoms with Gasteiger partial charge in [-0.15, -0.1) is 0 Å². The lowest BCUT2D eigenvalue weighted by atomic mass is 9.85. The fourth-order valence-corrected chi connectivity index (χ4v) is 2.51. The van der Waals surface area contributed by atoms with Gasteiger partial charge in [0.05, 0.1) is 0 Å². The minimum atomic E-state index is -3.11. The Hall–Kier alpha value is -1.74. The maximum Gasteiger partial charge on any atom is 0.274 e. The lowest BCUT2D eigenvalue weighted by Gasteiger charge is -2.27. The van der Waals surface area contributed by atoms with Gasteiger partial charge in [0, 0.05) is 12.3 Å². The van der Waals surface area contributed by atoms with Crippen LogP contribution in [0.2, 0.25) is 0 Å². The molecular weight excluding hydrogens is 270 g/mol. The Morgan fingerprint density at radius 2 is 1.33 bits per heavy atom. The summed E-state index contributed by atoms with van der Waals surface area (Å²) < 4.78 is 28.4. The molecule has 2 aromatic rings. The molecule has 0 aliphatic carbocycles. The lowest BCUT2D eigenvalue weighted by Crippen LogP contribution is -2.34. The van der Waals surface area contributed by atoms with Crippen LogP contribution in [0.15, 0.2) is 60.7 Å². The van der Waals surface area contributed by atoms with E-state index in [9.17, 15) is 13.9 Å². The molecule has 0 spiro atoms. The summed E-state index contributed by atoms with van der Waals surface area (Å²) in [5, 5.41) is 9.58. The first-order valence-corrected chi connectivity index (χ1v) is 7.20. The van der Waals surface area contributed by atoms with Crippen LogP contribution in [0.25, 0.3) is 0 Å². The third-order valence-electron chi connectivity index (χ3n) is 3.75. The molecule has 0 heterocycles. The molecule has 0 amide bonds. The van der Waals surface area contributed by atoms with E-state index in [1.807, 2.05) is 60.7 Å². The number of benzene rings is 2. The second-order valence-corrected chi connectivity index (χ2v) is 5.26. The van der Waals surface area contributed by atoms with E-state index >= 15 is 0 Å². The van der Waals surface area contributed by atoms with Crippen molar-refractivity contribution in [2.75, 3.05) is 0 Å². The smallest absolute Gasteiger partial charge is 0.274 e. The standard InChI is InChI=1S/C18H20F2O/c1-2-17(21)18(19,20)13-16(14-9-5-3-6-10-14)15-11-7-4-8-12-15/h3-12,16-17,21H,2,13H2,1H3/t17-/m1/s1. The zero-order valence-electron chi connectivity index (χ0n) is 12.0. The second-order valence-electron chi connectivity index (χ2n) is 5.26. The van der Waals surface area contributed by atoms with Crippen LogP contribution < -0.4 is 0 Å². The van der Waals surface area contributed by atoms with Crippen LogP contribution in [-0.2, 0) is 0 Å². The summed E-state index contributed by atoms with van der Waals surface area (Å²) in [6.07, 6.45) is -1.95. The highest BCUT2D eigenvalue weighted by Crippen LogP contribution is 2.37. The lowest BCUT2D eigenvalue weighted by molar-refractivity contribution is -0.116. The number of hydrogen-bond donors (Lipinski definition) is 1. The molecule has 2 aromatic carbocycles. The van der Waals surface area contributed by atoms with Crippen molar-refractivity contribution in [2.24, 2.45) is 0 Å². The van der Waals surface area contributed by atoms with E-state index in [4.69, 9.17) is 0 Å². The Morgan fingerprint density at radius 1 is 0.905 bits per heavy atom. The molecule has 0 unspecified atom stereocenters. The van der Waals surface area contributed by atoms with Gasteiger partial charge in [-0.25, -0.2) is 8.78 Å². The van der Waals surface area contributed by atoms with E-state index in [2.05, 4.69) is 0 Å². The number of alkyl halides is 2. The normalized spacial score (nSPS) is 13.4. The van der Waals surface area contributed by atoms with Crippen molar-refractivity contribution in [3.8, 4) is 0 Å². The fourth-order valence-electron chi connectivity index (χ4n) is 2.51. The molecule has 0 fully saturated rings. The summed E-state index contributed by atoms with van der Waals surface area (Å²) in [6.45, 7) is 1.57. The summed E-state index contributed by atoms with van der Waals surface area (Å²) in [7, 11) is 0. The van der Waals surface area contributed by atoms with E-state index in [-0.39, 0.29) is 6.42 Å². The van der Waals surface area contributed by atoms with Crippen molar-refractivity contribution in [1.82, 2.24) is 0 Å². The largest absolute Gasteiger partial charge is 0.387 e. The van der Waals surface area contributed by atoms with Crippen LogP contribution in [0, 0.1) is 0 Å². The van der Waals surface area contributed by atoms with Crippen molar-refractivity contribution in [3.63, 3.8) is 0 Å². The summed E-state index contributed by atoms with van der Waals surface area (Å²) in [4.78, 5) is 0. The maximum atomic E-state index is 14.2. The van der Waals surface area contributed by atoms with Crippen LogP contribution in [0.3, 0.4) is 0 Å². The van der Waals surface area contributed by atoms with E-state index in [0.717, 1.165) is 11.1 Å². The molecule has 0 radical (unpaired) electrons. The molecule has 0 saturated carbocycles. The Bertz CT molecular complexity index is 500. The van der Waals surface area contributed by atoms with Crippen molar-refractivity contribution >= 4 is 0 Å².